The first kappa shape index (κ1) is 18.7. The Balaban J connectivity index is 1.78. The van der Waals surface area contributed by atoms with Gasteiger partial charge in [0.2, 0.25) is 5.91 Å². The number of benzene rings is 1. The second-order valence-corrected chi connectivity index (χ2v) is 8.35. The highest BCUT2D eigenvalue weighted by atomic mass is 16.2. The van der Waals surface area contributed by atoms with E-state index in [2.05, 4.69) is 56.4 Å². The molecule has 0 N–H and O–H groups in total. The second kappa shape index (κ2) is 7.42. The molecule has 1 amide bonds. The standard InChI is InChI=1S/C24H29N3O/c1-16-7-5-11-26(15-16)22(28)14-21-23(20-10-9-17(2)19(4)13-20)25-24-18(3)8-6-12-27(21)24/h6,8-10,12-13,16H,5,7,11,14-15H2,1-4H3. The Labute approximate surface area is 167 Å². The maximum atomic E-state index is 13.1. The van der Waals surface area contributed by atoms with E-state index in [-0.39, 0.29) is 5.91 Å². The fourth-order valence-electron chi connectivity index (χ4n) is 4.21. The van der Waals surface area contributed by atoms with Crippen molar-refractivity contribution in [3.8, 4) is 11.3 Å². The fourth-order valence-corrected chi connectivity index (χ4v) is 4.21. The number of likely N-dealkylation sites (tertiary alicyclic amines) is 1. The van der Waals surface area contributed by atoms with E-state index >= 15 is 0 Å². The second-order valence-electron chi connectivity index (χ2n) is 8.35. The van der Waals surface area contributed by atoms with Crippen LogP contribution in [0.25, 0.3) is 16.9 Å². The minimum Gasteiger partial charge on any atom is -0.342 e. The zero-order valence-electron chi connectivity index (χ0n) is 17.3. The van der Waals surface area contributed by atoms with Crippen LogP contribution < -0.4 is 0 Å². The number of pyridine rings is 1. The number of piperidine rings is 1. The van der Waals surface area contributed by atoms with Crippen molar-refractivity contribution in [2.45, 2.75) is 47.0 Å². The van der Waals surface area contributed by atoms with Gasteiger partial charge in [0.25, 0.3) is 0 Å². The molecule has 4 nitrogen and oxygen atoms in total. The molecule has 0 saturated carbocycles. The summed E-state index contributed by atoms with van der Waals surface area (Å²) in [4.78, 5) is 20.1. The SMILES string of the molecule is Cc1ccc(-c2nc3c(C)cccn3c2CC(=O)N2CCCC(C)C2)cc1C. The predicted octanol–water partition coefficient (Wildman–Crippen LogP) is 4.73. The Morgan fingerprint density at radius 1 is 1.14 bits per heavy atom. The van der Waals surface area contributed by atoms with Crippen LogP contribution in [0, 0.1) is 26.7 Å². The molecule has 4 rings (SSSR count). The summed E-state index contributed by atoms with van der Waals surface area (Å²) in [6.07, 6.45) is 4.73. The molecular weight excluding hydrogens is 346 g/mol. The largest absolute Gasteiger partial charge is 0.342 e. The van der Waals surface area contributed by atoms with E-state index in [4.69, 9.17) is 4.98 Å². The van der Waals surface area contributed by atoms with Gasteiger partial charge >= 0.3 is 0 Å². The van der Waals surface area contributed by atoms with E-state index in [1.807, 2.05) is 17.2 Å². The molecule has 3 heterocycles. The molecule has 1 aromatic carbocycles. The normalized spacial score (nSPS) is 17.3. The van der Waals surface area contributed by atoms with Crippen LogP contribution >= 0.6 is 0 Å². The smallest absolute Gasteiger partial charge is 0.228 e. The van der Waals surface area contributed by atoms with Crippen LogP contribution in [0.2, 0.25) is 0 Å². The fraction of sp³-hybridized carbons (Fsp3) is 0.417. The van der Waals surface area contributed by atoms with Crippen molar-refractivity contribution in [2.75, 3.05) is 13.1 Å². The summed E-state index contributed by atoms with van der Waals surface area (Å²) < 4.78 is 2.10. The third-order valence-electron chi connectivity index (χ3n) is 6.05. The third kappa shape index (κ3) is 3.44. The Morgan fingerprint density at radius 2 is 1.96 bits per heavy atom. The molecule has 0 radical (unpaired) electrons. The van der Waals surface area contributed by atoms with Gasteiger partial charge in [-0.15, -0.1) is 0 Å². The number of carbonyl (C=O) groups excluding carboxylic acids is 1. The number of aryl methyl sites for hydroxylation is 3. The average Bonchev–Trinajstić information content (AvgIpc) is 3.04. The molecule has 1 fully saturated rings. The van der Waals surface area contributed by atoms with Gasteiger partial charge in [-0.1, -0.05) is 25.1 Å². The topological polar surface area (TPSA) is 37.6 Å². The summed E-state index contributed by atoms with van der Waals surface area (Å²) in [6.45, 7) is 10.3. The van der Waals surface area contributed by atoms with Crippen LogP contribution in [0.3, 0.4) is 0 Å². The van der Waals surface area contributed by atoms with E-state index in [1.165, 1.54) is 17.5 Å². The van der Waals surface area contributed by atoms with Crippen LogP contribution in [0.5, 0.6) is 0 Å². The molecule has 4 heteroatoms. The molecule has 146 valence electrons. The lowest BCUT2D eigenvalue weighted by atomic mass is 9.99. The number of amides is 1. The number of rotatable bonds is 3. The van der Waals surface area contributed by atoms with Crippen molar-refractivity contribution in [2.24, 2.45) is 5.92 Å². The Bertz CT molecular complexity index is 1030. The molecule has 0 bridgehead atoms. The van der Waals surface area contributed by atoms with Gasteiger partial charge in [-0.2, -0.15) is 0 Å². The van der Waals surface area contributed by atoms with Crippen molar-refractivity contribution in [3.63, 3.8) is 0 Å². The van der Waals surface area contributed by atoms with Crippen molar-refractivity contribution >= 4 is 11.6 Å². The van der Waals surface area contributed by atoms with E-state index in [1.54, 1.807) is 0 Å². The van der Waals surface area contributed by atoms with Crippen LogP contribution in [0.1, 0.15) is 42.1 Å². The van der Waals surface area contributed by atoms with Crippen LogP contribution in [-0.2, 0) is 11.2 Å². The van der Waals surface area contributed by atoms with Crippen molar-refractivity contribution in [3.05, 3.63) is 58.9 Å². The number of carbonyl (C=O) groups is 1. The van der Waals surface area contributed by atoms with E-state index in [0.717, 1.165) is 47.7 Å². The number of hydrogen-bond acceptors (Lipinski definition) is 2. The van der Waals surface area contributed by atoms with E-state index < -0.39 is 0 Å². The molecule has 1 saturated heterocycles. The summed E-state index contributed by atoms with van der Waals surface area (Å²) >= 11 is 0. The monoisotopic (exact) mass is 375 g/mol. The number of fused-ring (bicyclic) bond motifs is 1. The molecule has 1 atom stereocenters. The lowest BCUT2D eigenvalue weighted by Gasteiger charge is -2.31. The zero-order valence-corrected chi connectivity index (χ0v) is 17.3. The van der Waals surface area contributed by atoms with Gasteiger partial charge in [-0.3, -0.25) is 4.79 Å². The summed E-state index contributed by atoms with van der Waals surface area (Å²) in [7, 11) is 0. The summed E-state index contributed by atoms with van der Waals surface area (Å²) in [5, 5.41) is 0. The molecule has 3 aromatic rings. The minimum atomic E-state index is 0.208. The maximum Gasteiger partial charge on any atom is 0.228 e. The number of aromatic nitrogens is 2. The van der Waals surface area contributed by atoms with Gasteiger partial charge in [-0.05, 0) is 68.4 Å². The van der Waals surface area contributed by atoms with Gasteiger partial charge < -0.3 is 9.30 Å². The van der Waals surface area contributed by atoms with Gasteiger partial charge in [0.05, 0.1) is 17.8 Å². The summed E-state index contributed by atoms with van der Waals surface area (Å²) in [5.74, 6) is 0.793. The van der Waals surface area contributed by atoms with Crippen LogP contribution in [0.15, 0.2) is 36.5 Å². The van der Waals surface area contributed by atoms with E-state index in [0.29, 0.717) is 12.3 Å². The van der Waals surface area contributed by atoms with Gasteiger partial charge in [-0.25, -0.2) is 4.98 Å². The lowest BCUT2D eigenvalue weighted by molar-refractivity contribution is -0.132. The van der Waals surface area contributed by atoms with Gasteiger partial charge in [0.1, 0.15) is 5.65 Å². The molecule has 1 aliphatic rings. The van der Waals surface area contributed by atoms with Crippen molar-refractivity contribution < 1.29 is 4.79 Å². The highest BCUT2D eigenvalue weighted by Crippen LogP contribution is 2.28. The molecule has 2 aromatic heterocycles. The van der Waals surface area contributed by atoms with Gasteiger partial charge in [0.15, 0.2) is 0 Å². The first-order valence-electron chi connectivity index (χ1n) is 10.3. The number of imidazole rings is 1. The Hall–Kier alpha value is -2.62. The average molecular weight is 376 g/mol. The summed E-state index contributed by atoms with van der Waals surface area (Å²) in [6, 6.07) is 10.6. The van der Waals surface area contributed by atoms with Crippen LogP contribution in [-0.4, -0.2) is 33.3 Å². The first-order chi connectivity index (χ1) is 13.4. The molecule has 0 spiro atoms. The predicted molar refractivity (Wildman–Crippen MR) is 114 cm³/mol. The van der Waals surface area contributed by atoms with Crippen molar-refractivity contribution in [1.82, 2.24) is 14.3 Å². The Kier molecular flexibility index (Phi) is 4.96. The molecular formula is C24H29N3O. The lowest BCUT2D eigenvalue weighted by Crippen LogP contribution is -2.40. The first-order valence-corrected chi connectivity index (χ1v) is 10.3. The van der Waals surface area contributed by atoms with E-state index in [9.17, 15) is 4.79 Å². The van der Waals surface area contributed by atoms with Crippen LogP contribution in [0.4, 0.5) is 0 Å². The number of nitrogens with zero attached hydrogens (tertiary/aromatic N) is 3. The molecule has 28 heavy (non-hydrogen) atoms. The summed E-state index contributed by atoms with van der Waals surface area (Å²) in [5.41, 5.74) is 7.57. The quantitative estimate of drug-likeness (QED) is 0.664. The Morgan fingerprint density at radius 3 is 2.71 bits per heavy atom. The highest BCUT2D eigenvalue weighted by molar-refractivity contribution is 5.82. The number of hydrogen-bond donors (Lipinski definition) is 0. The van der Waals surface area contributed by atoms with Crippen molar-refractivity contribution in [1.29, 1.82) is 0 Å². The van der Waals surface area contributed by atoms with Gasteiger partial charge in [0, 0.05) is 24.8 Å². The molecule has 0 aliphatic carbocycles. The zero-order chi connectivity index (χ0) is 19.8. The minimum absolute atomic E-state index is 0.208. The third-order valence-corrected chi connectivity index (χ3v) is 6.05. The molecule has 1 unspecified atom stereocenters. The molecule has 1 aliphatic heterocycles. The highest BCUT2D eigenvalue weighted by Gasteiger charge is 2.24. The maximum absolute atomic E-state index is 13.1.